The summed E-state index contributed by atoms with van der Waals surface area (Å²) in [5, 5.41) is 9.04. The molecule has 0 saturated carbocycles. The average Bonchev–Trinajstić information content (AvgIpc) is 2.76. The van der Waals surface area contributed by atoms with Crippen LogP contribution in [-0.4, -0.2) is 54.2 Å². The predicted octanol–water partition coefficient (Wildman–Crippen LogP) is -0.0822. The van der Waals surface area contributed by atoms with Gasteiger partial charge in [-0.25, -0.2) is 0 Å². The Bertz CT molecular complexity index is 319. The third kappa shape index (κ3) is 3.43. The van der Waals surface area contributed by atoms with Gasteiger partial charge in [0.1, 0.15) is 5.92 Å². The molecular formula is C12H22N2O4. The average molecular weight is 258 g/mol. The normalized spacial score (nSPS) is 25.2. The van der Waals surface area contributed by atoms with Gasteiger partial charge in [-0.15, -0.1) is 0 Å². The van der Waals surface area contributed by atoms with Crippen molar-refractivity contribution in [2.75, 3.05) is 20.3 Å². The van der Waals surface area contributed by atoms with E-state index < -0.39 is 17.9 Å². The molecule has 0 aromatic rings. The van der Waals surface area contributed by atoms with Gasteiger partial charge in [0, 0.05) is 19.5 Å². The number of carbonyl (C=O) groups excluding carboxylic acids is 1. The van der Waals surface area contributed by atoms with Gasteiger partial charge in [-0.05, 0) is 5.92 Å². The van der Waals surface area contributed by atoms with E-state index in [4.69, 9.17) is 15.6 Å². The highest BCUT2D eigenvalue weighted by molar-refractivity contribution is 5.79. The number of aliphatic carboxylic acids is 1. The Hall–Kier alpha value is -1.14. The number of nitrogens with zero attached hydrogens (tertiary/aromatic N) is 1. The zero-order valence-corrected chi connectivity index (χ0v) is 11.1. The molecule has 0 radical (unpaired) electrons. The second-order valence-electron chi connectivity index (χ2n) is 5.17. The van der Waals surface area contributed by atoms with Crippen LogP contribution in [0.25, 0.3) is 0 Å². The van der Waals surface area contributed by atoms with Gasteiger partial charge in [-0.3, -0.25) is 9.59 Å². The number of nitrogens with two attached hydrogens (primary N) is 1. The molecule has 1 aliphatic rings. The highest BCUT2D eigenvalue weighted by atomic mass is 16.5. The number of rotatable bonds is 5. The van der Waals surface area contributed by atoms with E-state index in [0.29, 0.717) is 0 Å². The van der Waals surface area contributed by atoms with Crippen molar-refractivity contribution in [3.05, 3.63) is 0 Å². The first-order valence-corrected chi connectivity index (χ1v) is 6.16. The Morgan fingerprint density at radius 1 is 1.44 bits per heavy atom. The van der Waals surface area contributed by atoms with Crippen LogP contribution >= 0.6 is 0 Å². The van der Waals surface area contributed by atoms with Crippen LogP contribution in [0.15, 0.2) is 0 Å². The van der Waals surface area contributed by atoms with Crippen LogP contribution in [0, 0.1) is 11.8 Å². The van der Waals surface area contributed by atoms with Crippen molar-refractivity contribution in [2.45, 2.75) is 32.4 Å². The molecule has 0 aromatic carbocycles. The molecule has 3 atom stereocenters. The Morgan fingerprint density at radius 3 is 2.56 bits per heavy atom. The third-order valence-electron chi connectivity index (χ3n) is 3.53. The van der Waals surface area contributed by atoms with E-state index in [1.807, 2.05) is 13.8 Å². The van der Waals surface area contributed by atoms with E-state index in [1.54, 1.807) is 7.05 Å². The Balaban J connectivity index is 2.60. The molecule has 3 N–H and O–H groups in total. The predicted molar refractivity (Wildman–Crippen MR) is 65.9 cm³/mol. The van der Waals surface area contributed by atoms with Gasteiger partial charge in [0.2, 0.25) is 5.91 Å². The van der Waals surface area contributed by atoms with Gasteiger partial charge in [0.15, 0.2) is 0 Å². The van der Waals surface area contributed by atoms with Crippen molar-refractivity contribution in [1.82, 2.24) is 4.90 Å². The lowest BCUT2D eigenvalue weighted by molar-refractivity contribution is -0.144. The fourth-order valence-electron chi connectivity index (χ4n) is 1.93. The first kappa shape index (κ1) is 14.9. The first-order chi connectivity index (χ1) is 8.34. The summed E-state index contributed by atoms with van der Waals surface area (Å²) in [6.07, 6.45) is 0.233. The molecule has 1 fully saturated rings. The van der Waals surface area contributed by atoms with Crippen LogP contribution in [0.3, 0.4) is 0 Å². The molecule has 0 bridgehead atoms. The minimum atomic E-state index is -0.926. The second kappa shape index (κ2) is 6.15. The maximum Gasteiger partial charge on any atom is 0.311 e. The minimum absolute atomic E-state index is 0.127. The fourth-order valence-corrected chi connectivity index (χ4v) is 1.93. The van der Waals surface area contributed by atoms with E-state index in [9.17, 15) is 9.59 Å². The maximum absolute atomic E-state index is 12.0. The van der Waals surface area contributed by atoms with Crippen LogP contribution in [0.2, 0.25) is 0 Å². The summed E-state index contributed by atoms with van der Waals surface area (Å²) < 4.78 is 5.15. The molecule has 0 aliphatic carbocycles. The summed E-state index contributed by atoms with van der Waals surface area (Å²) in [7, 11) is 1.62. The fraction of sp³-hybridized carbons (Fsp3) is 0.833. The monoisotopic (exact) mass is 258 g/mol. The molecule has 104 valence electrons. The first-order valence-electron chi connectivity index (χ1n) is 6.16. The summed E-state index contributed by atoms with van der Waals surface area (Å²) in [6, 6.07) is -0.597. The smallest absolute Gasteiger partial charge is 0.311 e. The minimum Gasteiger partial charge on any atom is -0.481 e. The third-order valence-corrected chi connectivity index (χ3v) is 3.53. The van der Waals surface area contributed by atoms with E-state index in [0.717, 1.165) is 0 Å². The summed E-state index contributed by atoms with van der Waals surface area (Å²) in [6.45, 7) is 4.34. The van der Waals surface area contributed by atoms with Crippen molar-refractivity contribution >= 4 is 11.9 Å². The Labute approximate surface area is 107 Å². The molecule has 18 heavy (non-hydrogen) atoms. The Morgan fingerprint density at radius 2 is 2.06 bits per heavy atom. The topological polar surface area (TPSA) is 92.9 Å². The zero-order valence-electron chi connectivity index (χ0n) is 11.1. The quantitative estimate of drug-likeness (QED) is 0.719. The van der Waals surface area contributed by atoms with E-state index in [-0.39, 0.29) is 37.5 Å². The largest absolute Gasteiger partial charge is 0.481 e. The van der Waals surface area contributed by atoms with Gasteiger partial charge in [0.05, 0.1) is 19.3 Å². The molecule has 1 saturated heterocycles. The summed E-state index contributed by atoms with van der Waals surface area (Å²) >= 11 is 0. The molecule has 1 rings (SSSR count). The standard InChI is InChI=1S/C12H22N2O4/c1-7(2)9(13)4-11(15)14(3)10-6-18-5-8(10)12(16)17/h7-10H,4-6,13H2,1-3H3,(H,16,17). The lowest BCUT2D eigenvalue weighted by Crippen LogP contribution is -2.46. The van der Waals surface area contributed by atoms with Gasteiger partial charge in [0.25, 0.3) is 0 Å². The maximum atomic E-state index is 12.0. The molecular weight excluding hydrogens is 236 g/mol. The number of carboxylic acid groups (broad SMARTS) is 1. The second-order valence-corrected chi connectivity index (χ2v) is 5.17. The molecule has 3 unspecified atom stereocenters. The van der Waals surface area contributed by atoms with Crippen LogP contribution in [0.4, 0.5) is 0 Å². The summed E-state index contributed by atoms with van der Waals surface area (Å²) in [4.78, 5) is 24.5. The highest BCUT2D eigenvalue weighted by Crippen LogP contribution is 2.20. The number of ether oxygens (including phenoxy) is 1. The van der Waals surface area contributed by atoms with Crippen molar-refractivity contribution < 1.29 is 19.4 Å². The molecule has 1 heterocycles. The Kier molecular flexibility index (Phi) is 5.10. The highest BCUT2D eigenvalue weighted by Gasteiger charge is 2.38. The van der Waals surface area contributed by atoms with Gasteiger partial charge in [-0.2, -0.15) is 0 Å². The van der Waals surface area contributed by atoms with Gasteiger partial charge >= 0.3 is 5.97 Å². The molecule has 1 amide bonds. The lowest BCUT2D eigenvalue weighted by Gasteiger charge is -2.28. The molecule has 6 heteroatoms. The zero-order chi connectivity index (χ0) is 13.9. The molecule has 6 nitrogen and oxygen atoms in total. The number of likely N-dealkylation sites (N-methyl/N-ethyl adjacent to an activating group) is 1. The van der Waals surface area contributed by atoms with E-state index in [1.165, 1.54) is 4.90 Å². The number of carbonyl (C=O) groups is 2. The van der Waals surface area contributed by atoms with Gasteiger partial charge in [-0.1, -0.05) is 13.8 Å². The number of amides is 1. The van der Waals surface area contributed by atoms with Crippen LogP contribution in [0.1, 0.15) is 20.3 Å². The van der Waals surface area contributed by atoms with Crippen molar-refractivity contribution in [3.63, 3.8) is 0 Å². The van der Waals surface area contributed by atoms with Crippen molar-refractivity contribution in [3.8, 4) is 0 Å². The SMILES string of the molecule is CC(C)C(N)CC(=O)N(C)C1COCC1C(=O)O. The lowest BCUT2D eigenvalue weighted by atomic mass is 9.99. The molecule has 0 aromatic heterocycles. The number of hydrogen-bond acceptors (Lipinski definition) is 4. The van der Waals surface area contributed by atoms with Crippen LogP contribution in [-0.2, 0) is 14.3 Å². The summed E-state index contributed by atoms with van der Waals surface area (Å²) in [5.74, 6) is -1.48. The molecule has 0 spiro atoms. The van der Waals surface area contributed by atoms with Crippen molar-refractivity contribution in [2.24, 2.45) is 17.6 Å². The number of hydrogen-bond donors (Lipinski definition) is 2. The van der Waals surface area contributed by atoms with E-state index >= 15 is 0 Å². The number of carboxylic acids is 1. The molecule has 1 aliphatic heterocycles. The van der Waals surface area contributed by atoms with Crippen molar-refractivity contribution in [1.29, 1.82) is 0 Å². The summed E-state index contributed by atoms with van der Waals surface area (Å²) in [5.41, 5.74) is 5.85. The van der Waals surface area contributed by atoms with Crippen LogP contribution in [0.5, 0.6) is 0 Å². The van der Waals surface area contributed by atoms with E-state index in [2.05, 4.69) is 0 Å². The van der Waals surface area contributed by atoms with Crippen LogP contribution < -0.4 is 5.73 Å². The van der Waals surface area contributed by atoms with Gasteiger partial charge < -0.3 is 20.5 Å².